The predicted octanol–water partition coefficient (Wildman–Crippen LogP) is 8.75. The number of halogens is 2. The molecule has 0 bridgehead atoms. The first-order valence-corrected chi connectivity index (χ1v) is 16.6. The second-order valence-electron chi connectivity index (χ2n) is 9.68. The smallest absolute Gasteiger partial charge is 0.272 e. The number of benzene rings is 4. The van der Waals surface area contributed by atoms with Crippen LogP contribution in [-0.2, 0) is 9.59 Å². The third-order valence-electron chi connectivity index (χ3n) is 6.39. The Kier molecular flexibility index (Phi) is 10.9. The van der Waals surface area contributed by atoms with Gasteiger partial charge in [-0.05, 0) is 73.2 Å². The highest BCUT2D eigenvalue weighted by Crippen LogP contribution is 2.31. The molecular weight excluding hydrogens is 692 g/mol. The van der Waals surface area contributed by atoms with Crippen LogP contribution in [0.1, 0.15) is 22.8 Å². The standard InChI is InChI=1S/C34H26BrClN4O3S2/c1-21(31(41)40-34-39-30(20-44-34)27-9-5-6-10-28(27)36)45-26-17-15-25(16-18-26)37-33(43)29(19-22-11-13-24(35)14-12-22)38-32(42)23-7-3-2-4-8-23/h2-21H,1H3,(H,37,43)(H,38,42)(H,39,40,41)/b29-19-. The van der Waals surface area contributed by atoms with Crippen LogP contribution in [0.5, 0.6) is 0 Å². The molecule has 0 aliphatic carbocycles. The summed E-state index contributed by atoms with van der Waals surface area (Å²) in [5.74, 6) is -1.06. The lowest BCUT2D eigenvalue weighted by Gasteiger charge is -2.13. The summed E-state index contributed by atoms with van der Waals surface area (Å²) in [6.45, 7) is 1.81. The third-order valence-corrected chi connectivity index (χ3v) is 9.12. The molecule has 0 spiro atoms. The quantitative estimate of drug-likeness (QED) is 0.0991. The van der Waals surface area contributed by atoms with Gasteiger partial charge in [0, 0.05) is 36.6 Å². The van der Waals surface area contributed by atoms with Crippen molar-refractivity contribution in [3.8, 4) is 11.3 Å². The predicted molar refractivity (Wildman–Crippen MR) is 188 cm³/mol. The molecule has 45 heavy (non-hydrogen) atoms. The van der Waals surface area contributed by atoms with Crippen molar-refractivity contribution in [3.63, 3.8) is 0 Å². The Morgan fingerprint density at radius 2 is 1.58 bits per heavy atom. The molecule has 5 rings (SSSR count). The molecule has 1 aromatic heterocycles. The van der Waals surface area contributed by atoms with E-state index in [2.05, 4.69) is 36.9 Å². The van der Waals surface area contributed by atoms with Crippen molar-refractivity contribution in [1.82, 2.24) is 10.3 Å². The summed E-state index contributed by atoms with van der Waals surface area (Å²) in [7, 11) is 0. The summed E-state index contributed by atoms with van der Waals surface area (Å²) < 4.78 is 0.898. The van der Waals surface area contributed by atoms with Gasteiger partial charge in [-0.3, -0.25) is 14.4 Å². The van der Waals surface area contributed by atoms with Gasteiger partial charge in [-0.2, -0.15) is 0 Å². The van der Waals surface area contributed by atoms with Crippen LogP contribution in [0.15, 0.2) is 124 Å². The molecule has 1 atom stereocenters. The van der Waals surface area contributed by atoms with Crippen LogP contribution in [0.4, 0.5) is 10.8 Å². The zero-order chi connectivity index (χ0) is 31.8. The van der Waals surface area contributed by atoms with Crippen molar-refractivity contribution in [2.75, 3.05) is 10.6 Å². The van der Waals surface area contributed by atoms with E-state index in [0.29, 0.717) is 27.1 Å². The van der Waals surface area contributed by atoms with Crippen molar-refractivity contribution in [1.29, 1.82) is 0 Å². The highest BCUT2D eigenvalue weighted by Gasteiger charge is 2.18. The van der Waals surface area contributed by atoms with E-state index in [-0.39, 0.29) is 11.6 Å². The normalized spacial score (nSPS) is 11.8. The van der Waals surface area contributed by atoms with Crippen molar-refractivity contribution in [3.05, 3.63) is 135 Å². The van der Waals surface area contributed by atoms with Gasteiger partial charge in [0.05, 0.1) is 10.9 Å². The van der Waals surface area contributed by atoms with E-state index >= 15 is 0 Å². The molecule has 1 heterocycles. The molecule has 7 nitrogen and oxygen atoms in total. The van der Waals surface area contributed by atoms with Gasteiger partial charge in [-0.25, -0.2) is 4.98 Å². The molecule has 0 aliphatic heterocycles. The fraction of sp³-hybridized carbons (Fsp3) is 0.0588. The van der Waals surface area contributed by atoms with E-state index in [9.17, 15) is 14.4 Å². The number of nitrogens with one attached hydrogen (secondary N) is 3. The molecule has 0 aliphatic rings. The number of anilines is 2. The van der Waals surface area contributed by atoms with Gasteiger partial charge in [0.2, 0.25) is 5.91 Å². The van der Waals surface area contributed by atoms with E-state index < -0.39 is 17.1 Å². The van der Waals surface area contributed by atoms with Gasteiger partial charge in [-0.1, -0.05) is 76.1 Å². The van der Waals surface area contributed by atoms with Crippen LogP contribution >= 0.6 is 50.6 Å². The summed E-state index contributed by atoms with van der Waals surface area (Å²) >= 11 is 12.4. The van der Waals surface area contributed by atoms with Crippen molar-refractivity contribution < 1.29 is 14.4 Å². The molecule has 4 aromatic carbocycles. The van der Waals surface area contributed by atoms with Crippen LogP contribution in [-0.4, -0.2) is 28.0 Å². The molecule has 0 saturated carbocycles. The van der Waals surface area contributed by atoms with Crippen LogP contribution < -0.4 is 16.0 Å². The number of hydrogen-bond donors (Lipinski definition) is 3. The fourth-order valence-electron chi connectivity index (χ4n) is 4.07. The fourth-order valence-corrected chi connectivity index (χ4v) is 6.15. The summed E-state index contributed by atoms with van der Waals surface area (Å²) in [5.41, 5.74) is 3.31. The minimum absolute atomic E-state index is 0.0924. The summed E-state index contributed by atoms with van der Waals surface area (Å²) in [5, 5.41) is 11.0. The number of aromatic nitrogens is 1. The van der Waals surface area contributed by atoms with Crippen LogP contribution in [0.25, 0.3) is 17.3 Å². The Labute approximate surface area is 282 Å². The van der Waals surface area contributed by atoms with E-state index in [1.165, 1.54) is 23.1 Å². The van der Waals surface area contributed by atoms with Crippen LogP contribution in [0, 0.1) is 0 Å². The minimum Gasteiger partial charge on any atom is -0.321 e. The molecular formula is C34H26BrClN4O3S2. The van der Waals surface area contributed by atoms with Crippen molar-refractivity contribution in [2.45, 2.75) is 17.1 Å². The van der Waals surface area contributed by atoms with E-state index in [4.69, 9.17) is 11.6 Å². The Hall–Kier alpha value is -4.22. The average Bonchev–Trinajstić information content (AvgIpc) is 3.51. The van der Waals surface area contributed by atoms with Gasteiger partial charge in [0.15, 0.2) is 5.13 Å². The molecule has 1 unspecified atom stereocenters. The summed E-state index contributed by atoms with van der Waals surface area (Å²) in [6.07, 6.45) is 1.62. The first-order chi connectivity index (χ1) is 21.7. The molecule has 0 saturated heterocycles. The Bertz CT molecular complexity index is 1850. The van der Waals surface area contributed by atoms with E-state index in [1.807, 2.05) is 73.0 Å². The molecule has 11 heteroatoms. The average molecular weight is 718 g/mol. The van der Waals surface area contributed by atoms with E-state index in [0.717, 1.165) is 20.5 Å². The first-order valence-electron chi connectivity index (χ1n) is 13.7. The van der Waals surface area contributed by atoms with Crippen LogP contribution in [0.2, 0.25) is 5.02 Å². The molecule has 3 N–H and O–H groups in total. The number of rotatable bonds is 10. The first kappa shape index (κ1) is 32.2. The van der Waals surface area contributed by atoms with Crippen molar-refractivity contribution in [2.24, 2.45) is 0 Å². The van der Waals surface area contributed by atoms with Gasteiger partial charge in [-0.15, -0.1) is 23.1 Å². The number of thiazole rings is 1. The number of carbonyl (C=O) groups is 3. The zero-order valence-corrected chi connectivity index (χ0v) is 27.8. The van der Waals surface area contributed by atoms with Crippen LogP contribution in [0.3, 0.4) is 0 Å². The van der Waals surface area contributed by atoms with Gasteiger partial charge < -0.3 is 16.0 Å². The molecule has 226 valence electrons. The summed E-state index contributed by atoms with van der Waals surface area (Å²) in [6, 6.07) is 30.6. The van der Waals surface area contributed by atoms with E-state index in [1.54, 1.807) is 48.5 Å². The lowest BCUT2D eigenvalue weighted by atomic mass is 10.1. The maximum atomic E-state index is 13.3. The Balaban J connectivity index is 1.21. The minimum atomic E-state index is -0.477. The number of amides is 3. The zero-order valence-electron chi connectivity index (χ0n) is 23.8. The lowest BCUT2D eigenvalue weighted by Crippen LogP contribution is -2.30. The number of nitrogens with zero attached hydrogens (tertiary/aromatic N) is 1. The number of thioether (sulfide) groups is 1. The Morgan fingerprint density at radius 3 is 2.29 bits per heavy atom. The topological polar surface area (TPSA) is 100 Å². The largest absolute Gasteiger partial charge is 0.321 e. The summed E-state index contributed by atoms with van der Waals surface area (Å²) in [4.78, 5) is 44.4. The monoisotopic (exact) mass is 716 g/mol. The number of hydrogen-bond acceptors (Lipinski definition) is 6. The second kappa shape index (κ2) is 15.2. The molecule has 0 radical (unpaired) electrons. The third kappa shape index (κ3) is 8.92. The highest BCUT2D eigenvalue weighted by atomic mass is 79.9. The maximum absolute atomic E-state index is 13.3. The Morgan fingerprint density at radius 1 is 0.889 bits per heavy atom. The molecule has 3 amide bonds. The number of carbonyl (C=O) groups excluding carboxylic acids is 3. The van der Waals surface area contributed by atoms with Gasteiger partial charge in [0.1, 0.15) is 5.70 Å². The lowest BCUT2D eigenvalue weighted by molar-refractivity contribution is -0.115. The van der Waals surface area contributed by atoms with Gasteiger partial charge >= 0.3 is 0 Å². The maximum Gasteiger partial charge on any atom is 0.272 e. The highest BCUT2D eigenvalue weighted by molar-refractivity contribution is 9.10. The molecule has 0 fully saturated rings. The van der Waals surface area contributed by atoms with Gasteiger partial charge in [0.25, 0.3) is 11.8 Å². The van der Waals surface area contributed by atoms with Crippen molar-refractivity contribution >= 4 is 85.2 Å². The molecule has 5 aromatic rings. The SMILES string of the molecule is CC(Sc1ccc(NC(=O)/C(=C/c2ccc(Br)cc2)NC(=O)c2ccccc2)cc1)C(=O)Nc1nc(-c2ccccc2Cl)cs1. The second-order valence-corrected chi connectivity index (χ2v) is 13.3.